The van der Waals surface area contributed by atoms with Crippen LogP contribution in [0.4, 0.5) is 0 Å². The number of aromatic nitrogens is 2. The fourth-order valence-corrected chi connectivity index (χ4v) is 5.50. The number of thiazole rings is 1. The Bertz CT molecular complexity index is 1060. The van der Waals surface area contributed by atoms with Crippen molar-refractivity contribution in [3.63, 3.8) is 0 Å². The van der Waals surface area contributed by atoms with E-state index in [1.54, 1.807) is 13.1 Å². The number of benzene rings is 1. The molecular weight excluding hydrogens is 384 g/mol. The van der Waals surface area contributed by atoms with Crippen molar-refractivity contribution >= 4 is 27.6 Å². The molecule has 0 spiro atoms. The van der Waals surface area contributed by atoms with Crippen molar-refractivity contribution in [3.05, 3.63) is 47.7 Å². The molecule has 1 amide bonds. The normalized spacial score (nSPS) is 22.4. The number of fused-ring (bicyclic) bond motifs is 3. The molecule has 2 fully saturated rings. The molecule has 7 heteroatoms. The minimum Gasteiger partial charge on any atom is -0.431 e. The smallest absolute Gasteiger partial charge is 0.281 e. The van der Waals surface area contributed by atoms with E-state index in [2.05, 4.69) is 33.9 Å². The third-order valence-corrected chi connectivity index (χ3v) is 7.07. The van der Waals surface area contributed by atoms with Crippen LogP contribution in [0.1, 0.15) is 37.4 Å². The molecule has 0 saturated carbocycles. The number of hydrogen-bond acceptors (Lipinski definition) is 6. The van der Waals surface area contributed by atoms with Gasteiger partial charge in [0.05, 0.1) is 0 Å². The van der Waals surface area contributed by atoms with Gasteiger partial charge in [0.25, 0.3) is 5.19 Å². The third-order valence-electron chi connectivity index (χ3n) is 6.23. The maximum atomic E-state index is 11.7. The van der Waals surface area contributed by atoms with E-state index < -0.39 is 0 Å². The summed E-state index contributed by atoms with van der Waals surface area (Å²) in [6.45, 7) is 7.77. The standard InChI is InChI=1S/C22H24N4O2S/c1-13-8-9-23-21-20(13)24-22(29-21)28-19-6-4-16(5-7-19)14(2)25-11-18-10-17(25)12-26(18)15(3)27/h4-9,14,17-18H,10-12H2,1-3H3/t14?,17-,18-/m0/s1. The van der Waals surface area contributed by atoms with Gasteiger partial charge in [-0.05, 0) is 49.6 Å². The second-order valence-electron chi connectivity index (χ2n) is 8.02. The van der Waals surface area contributed by atoms with Crippen LogP contribution in [-0.2, 0) is 4.79 Å². The summed E-state index contributed by atoms with van der Waals surface area (Å²) in [5.74, 6) is 0.981. The predicted octanol–water partition coefficient (Wildman–Crippen LogP) is 4.16. The molecule has 1 aromatic carbocycles. The Morgan fingerprint density at radius 2 is 2.00 bits per heavy atom. The Labute approximate surface area is 174 Å². The Morgan fingerprint density at radius 3 is 2.66 bits per heavy atom. The van der Waals surface area contributed by atoms with Crippen LogP contribution >= 0.6 is 11.3 Å². The van der Waals surface area contributed by atoms with Crippen LogP contribution in [0.3, 0.4) is 0 Å². The summed E-state index contributed by atoms with van der Waals surface area (Å²) < 4.78 is 5.98. The van der Waals surface area contributed by atoms with Crippen molar-refractivity contribution in [2.45, 2.75) is 45.3 Å². The lowest BCUT2D eigenvalue weighted by molar-refractivity contribution is -0.131. The van der Waals surface area contributed by atoms with E-state index in [-0.39, 0.29) is 5.91 Å². The lowest BCUT2D eigenvalue weighted by Crippen LogP contribution is -2.48. The molecule has 3 aromatic rings. The maximum Gasteiger partial charge on any atom is 0.281 e. The highest BCUT2D eigenvalue weighted by atomic mass is 32.1. The van der Waals surface area contributed by atoms with Crippen molar-refractivity contribution in [1.82, 2.24) is 19.8 Å². The van der Waals surface area contributed by atoms with Gasteiger partial charge in [0.15, 0.2) is 0 Å². The molecule has 2 aliphatic heterocycles. The fraction of sp³-hybridized carbons (Fsp3) is 0.409. The minimum absolute atomic E-state index is 0.201. The Kier molecular flexibility index (Phi) is 4.52. The summed E-state index contributed by atoms with van der Waals surface area (Å²) >= 11 is 1.46. The van der Waals surface area contributed by atoms with Gasteiger partial charge < -0.3 is 9.64 Å². The molecule has 3 atom stereocenters. The number of aryl methyl sites for hydroxylation is 1. The second-order valence-corrected chi connectivity index (χ2v) is 8.96. The van der Waals surface area contributed by atoms with Crippen LogP contribution in [0.25, 0.3) is 10.3 Å². The largest absolute Gasteiger partial charge is 0.431 e. The number of nitrogens with zero attached hydrogens (tertiary/aromatic N) is 4. The Balaban J connectivity index is 1.28. The van der Waals surface area contributed by atoms with Gasteiger partial charge in [0, 0.05) is 44.3 Å². The van der Waals surface area contributed by atoms with Gasteiger partial charge in [-0.2, -0.15) is 0 Å². The van der Waals surface area contributed by atoms with E-state index in [0.29, 0.717) is 23.3 Å². The van der Waals surface area contributed by atoms with Gasteiger partial charge >= 0.3 is 0 Å². The molecule has 0 radical (unpaired) electrons. The van der Waals surface area contributed by atoms with Gasteiger partial charge in [-0.3, -0.25) is 9.69 Å². The monoisotopic (exact) mass is 408 g/mol. The zero-order valence-electron chi connectivity index (χ0n) is 16.8. The van der Waals surface area contributed by atoms with Gasteiger partial charge in [0.2, 0.25) is 5.91 Å². The average Bonchev–Trinajstić information content (AvgIpc) is 3.42. The van der Waals surface area contributed by atoms with Crippen LogP contribution in [0, 0.1) is 6.92 Å². The molecule has 5 rings (SSSR count). The van der Waals surface area contributed by atoms with Crippen molar-refractivity contribution in [1.29, 1.82) is 0 Å². The third kappa shape index (κ3) is 3.28. The molecule has 0 N–H and O–H groups in total. The Morgan fingerprint density at radius 1 is 1.21 bits per heavy atom. The number of ether oxygens (including phenoxy) is 1. The van der Waals surface area contributed by atoms with Crippen molar-refractivity contribution < 1.29 is 9.53 Å². The molecule has 29 heavy (non-hydrogen) atoms. The van der Waals surface area contributed by atoms with Crippen LogP contribution in [0.5, 0.6) is 10.9 Å². The average molecular weight is 409 g/mol. The summed E-state index contributed by atoms with van der Waals surface area (Å²) in [7, 11) is 0. The molecule has 2 saturated heterocycles. The van der Waals surface area contributed by atoms with E-state index in [0.717, 1.165) is 41.2 Å². The summed E-state index contributed by atoms with van der Waals surface area (Å²) in [5.41, 5.74) is 3.27. The van der Waals surface area contributed by atoms with Crippen LogP contribution < -0.4 is 4.74 Å². The number of carbonyl (C=O) groups excluding carboxylic acids is 1. The van der Waals surface area contributed by atoms with Crippen molar-refractivity contribution in [2.24, 2.45) is 0 Å². The van der Waals surface area contributed by atoms with E-state index >= 15 is 0 Å². The molecule has 2 aliphatic rings. The summed E-state index contributed by atoms with van der Waals surface area (Å²) in [6, 6.07) is 11.4. The fourth-order valence-electron chi connectivity index (χ4n) is 4.64. The van der Waals surface area contributed by atoms with Crippen LogP contribution in [0.15, 0.2) is 36.5 Å². The number of amides is 1. The highest BCUT2D eigenvalue weighted by Gasteiger charge is 2.45. The first-order chi connectivity index (χ1) is 14.0. The SMILES string of the molecule is CC(=O)N1C[C@@H]2C[C@H]1CN2C(C)c1ccc(Oc2nc3c(C)ccnc3s2)cc1. The topological polar surface area (TPSA) is 58.6 Å². The molecule has 4 heterocycles. The zero-order valence-corrected chi connectivity index (χ0v) is 17.6. The lowest BCUT2D eigenvalue weighted by Gasteiger charge is -2.37. The van der Waals surface area contributed by atoms with Crippen LogP contribution in [-0.4, -0.2) is 50.8 Å². The first kappa shape index (κ1) is 18.5. The molecule has 2 aromatic heterocycles. The highest BCUT2D eigenvalue weighted by molar-refractivity contribution is 7.19. The number of carbonyl (C=O) groups is 1. The lowest BCUT2D eigenvalue weighted by atomic mass is 10.1. The van der Waals surface area contributed by atoms with Gasteiger partial charge in [-0.1, -0.05) is 23.5 Å². The van der Waals surface area contributed by atoms with Gasteiger partial charge in [0.1, 0.15) is 16.1 Å². The molecular formula is C22H24N4O2S. The second kappa shape index (κ2) is 7.07. The summed E-state index contributed by atoms with van der Waals surface area (Å²) in [6.07, 6.45) is 2.90. The van der Waals surface area contributed by atoms with Crippen molar-refractivity contribution in [3.8, 4) is 10.9 Å². The predicted molar refractivity (Wildman–Crippen MR) is 113 cm³/mol. The number of piperazine rings is 1. The first-order valence-corrected chi connectivity index (χ1v) is 10.8. The molecule has 6 nitrogen and oxygen atoms in total. The van der Waals surface area contributed by atoms with E-state index in [4.69, 9.17) is 4.74 Å². The molecule has 2 bridgehead atoms. The first-order valence-electron chi connectivity index (χ1n) is 10.0. The number of pyridine rings is 1. The van der Waals surface area contributed by atoms with E-state index in [1.165, 1.54) is 16.9 Å². The quantitative estimate of drug-likeness (QED) is 0.649. The van der Waals surface area contributed by atoms with E-state index in [1.807, 2.05) is 30.0 Å². The molecule has 0 aliphatic carbocycles. The molecule has 150 valence electrons. The van der Waals surface area contributed by atoms with E-state index in [9.17, 15) is 4.79 Å². The highest BCUT2D eigenvalue weighted by Crippen LogP contribution is 2.37. The zero-order chi connectivity index (χ0) is 20.1. The maximum absolute atomic E-state index is 11.7. The summed E-state index contributed by atoms with van der Waals surface area (Å²) in [5, 5.41) is 0.615. The van der Waals surface area contributed by atoms with Gasteiger partial charge in [-0.25, -0.2) is 9.97 Å². The number of hydrogen-bond donors (Lipinski definition) is 0. The minimum atomic E-state index is 0.201. The van der Waals surface area contributed by atoms with Crippen molar-refractivity contribution in [2.75, 3.05) is 13.1 Å². The van der Waals surface area contributed by atoms with Gasteiger partial charge in [-0.15, -0.1) is 0 Å². The van der Waals surface area contributed by atoms with Crippen LogP contribution in [0.2, 0.25) is 0 Å². The number of likely N-dealkylation sites (tertiary alicyclic amines) is 2. The summed E-state index contributed by atoms with van der Waals surface area (Å²) in [4.78, 5) is 26.1. The molecule has 1 unspecified atom stereocenters. The number of rotatable bonds is 4. The Hall–Kier alpha value is -2.51.